The molecule has 0 aliphatic heterocycles. The molecule has 0 bridgehead atoms. The second-order valence-electron chi connectivity index (χ2n) is 5.02. The number of benzene rings is 3. The van der Waals surface area contributed by atoms with Gasteiger partial charge in [-0.3, -0.25) is 0 Å². The van der Waals surface area contributed by atoms with Crippen LogP contribution in [-0.4, -0.2) is 0 Å². The molecule has 0 heterocycles. The Kier molecular flexibility index (Phi) is 4.10. The third-order valence-electron chi connectivity index (χ3n) is 3.76. The van der Waals surface area contributed by atoms with Crippen molar-refractivity contribution in [2.24, 2.45) is 0 Å². The lowest BCUT2D eigenvalue weighted by molar-refractivity contribution is 0.897. The van der Waals surface area contributed by atoms with Crippen LogP contribution in [0.3, 0.4) is 0 Å². The van der Waals surface area contributed by atoms with Gasteiger partial charge in [0.2, 0.25) is 0 Å². The molecular formula is C19H16ClP. The molecule has 0 aromatic heterocycles. The van der Waals surface area contributed by atoms with E-state index in [9.17, 15) is 0 Å². The minimum Gasteiger partial charge on any atom is -0.117 e. The van der Waals surface area contributed by atoms with Crippen LogP contribution in [0.5, 0.6) is 0 Å². The topological polar surface area (TPSA) is 0 Å². The fourth-order valence-electron chi connectivity index (χ4n) is 2.66. The third-order valence-corrected chi connectivity index (χ3v) is 5.06. The Hall–Kier alpha value is -1.62. The molecular weight excluding hydrogens is 295 g/mol. The molecule has 3 rings (SSSR count). The maximum absolute atomic E-state index is 6.50. The van der Waals surface area contributed by atoms with Crippen LogP contribution in [0, 0.1) is 0 Å². The van der Waals surface area contributed by atoms with Gasteiger partial charge in [-0.25, -0.2) is 0 Å². The van der Waals surface area contributed by atoms with Crippen molar-refractivity contribution in [1.82, 2.24) is 0 Å². The van der Waals surface area contributed by atoms with E-state index < -0.39 is 0 Å². The highest BCUT2D eigenvalue weighted by molar-refractivity contribution is 7.19. The fraction of sp³-hybridized carbons (Fsp3) is 0.0526. The highest BCUT2D eigenvalue weighted by atomic mass is 35.5. The van der Waals surface area contributed by atoms with Crippen LogP contribution in [-0.2, 0) is 5.16 Å². The summed E-state index contributed by atoms with van der Waals surface area (Å²) in [6.07, 6.45) is 0. The first-order valence-electron chi connectivity index (χ1n) is 6.88. The Labute approximate surface area is 133 Å². The average molecular weight is 311 g/mol. The van der Waals surface area contributed by atoms with Gasteiger partial charge >= 0.3 is 0 Å². The number of hydrogen-bond acceptors (Lipinski definition) is 0. The molecule has 21 heavy (non-hydrogen) atoms. The summed E-state index contributed by atoms with van der Waals surface area (Å²) in [5.41, 5.74) is 3.50. The highest BCUT2D eigenvalue weighted by Gasteiger charge is 2.32. The average Bonchev–Trinajstić information content (AvgIpc) is 2.56. The van der Waals surface area contributed by atoms with Crippen molar-refractivity contribution in [3.8, 4) is 0 Å². The standard InChI is InChI=1S/C19H16ClP/c20-18-14-8-7-13-17(18)19(21,15-9-3-1-4-10-15)16-11-5-2-6-12-16/h1-14H,21H2. The van der Waals surface area contributed by atoms with Crippen LogP contribution in [0.4, 0.5) is 0 Å². The first kappa shape index (κ1) is 14.3. The van der Waals surface area contributed by atoms with E-state index in [-0.39, 0.29) is 5.16 Å². The van der Waals surface area contributed by atoms with E-state index in [2.05, 4.69) is 63.8 Å². The van der Waals surface area contributed by atoms with Gasteiger partial charge in [0.05, 0.1) is 5.16 Å². The summed E-state index contributed by atoms with van der Waals surface area (Å²) in [5.74, 6) is 0. The van der Waals surface area contributed by atoms with E-state index in [1.165, 1.54) is 11.1 Å². The summed E-state index contributed by atoms with van der Waals surface area (Å²) in [6.45, 7) is 0. The Bertz CT molecular complexity index is 683. The van der Waals surface area contributed by atoms with Gasteiger partial charge in [0.1, 0.15) is 0 Å². The molecule has 1 unspecified atom stereocenters. The van der Waals surface area contributed by atoms with Crippen LogP contribution < -0.4 is 0 Å². The zero-order valence-corrected chi connectivity index (χ0v) is 13.4. The summed E-state index contributed by atoms with van der Waals surface area (Å²) >= 11 is 6.50. The van der Waals surface area contributed by atoms with Crippen molar-refractivity contribution >= 4 is 20.8 Å². The minimum absolute atomic E-state index is 0.346. The summed E-state index contributed by atoms with van der Waals surface area (Å²) in [4.78, 5) is 0. The molecule has 0 aliphatic rings. The SMILES string of the molecule is PC(c1ccccc1)(c1ccccc1)c1ccccc1Cl. The summed E-state index contributed by atoms with van der Waals surface area (Å²) < 4.78 is 0. The van der Waals surface area contributed by atoms with E-state index in [1.54, 1.807) is 0 Å². The molecule has 3 aromatic rings. The van der Waals surface area contributed by atoms with Crippen molar-refractivity contribution in [3.63, 3.8) is 0 Å². The van der Waals surface area contributed by atoms with E-state index in [0.29, 0.717) is 0 Å². The smallest absolute Gasteiger partial charge is 0.0606 e. The maximum atomic E-state index is 6.50. The molecule has 3 aromatic carbocycles. The maximum Gasteiger partial charge on any atom is 0.0606 e. The van der Waals surface area contributed by atoms with Gasteiger partial charge in [0, 0.05) is 5.02 Å². The minimum atomic E-state index is -0.346. The van der Waals surface area contributed by atoms with Gasteiger partial charge in [0.25, 0.3) is 0 Å². The first-order valence-corrected chi connectivity index (χ1v) is 7.83. The van der Waals surface area contributed by atoms with Crippen molar-refractivity contribution in [1.29, 1.82) is 0 Å². The summed E-state index contributed by atoms with van der Waals surface area (Å²) in [7, 11) is 3.01. The predicted octanol–water partition coefficient (Wildman–Crippen LogP) is 5.51. The van der Waals surface area contributed by atoms with Gasteiger partial charge in [-0.2, -0.15) is 0 Å². The predicted molar refractivity (Wildman–Crippen MR) is 93.9 cm³/mol. The van der Waals surface area contributed by atoms with Gasteiger partial charge in [0.15, 0.2) is 0 Å². The molecule has 104 valence electrons. The number of hydrogen-bond donors (Lipinski definition) is 0. The van der Waals surface area contributed by atoms with E-state index in [1.807, 2.05) is 30.3 Å². The van der Waals surface area contributed by atoms with E-state index in [0.717, 1.165) is 10.6 Å². The fourth-order valence-corrected chi connectivity index (χ4v) is 3.67. The molecule has 0 N–H and O–H groups in total. The first-order chi connectivity index (χ1) is 10.2. The van der Waals surface area contributed by atoms with Crippen LogP contribution in [0.25, 0.3) is 0 Å². The van der Waals surface area contributed by atoms with Gasteiger partial charge in [-0.15, -0.1) is 9.24 Å². The molecule has 0 saturated carbocycles. The normalized spacial score (nSPS) is 11.3. The summed E-state index contributed by atoms with van der Waals surface area (Å²) in [5, 5.41) is 0.432. The van der Waals surface area contributed by atoms with E-state index in [4.69, 9.17) is 11.6 Å². The Morgan fingerprint density at radius 3 is 1.52 bits per heavy atom. The monoisotopic (exact) mass is 310 g/mol. The van der Waals surface area contributed by atoms with Crippen LogP contribution in [0.15, 0.2) is 84.9 Å². The molecule has 0 saturated heterocycles. The largest absolute Gasteiger partial charge is 0.117 e. The van der Waals surface area contributed by atoms with Crippen molar-refractivity contribution in [2.45, 2.75) is 5.16 Å². The lowest BCUT2D eigenvalue weighted by Crippen LogP contribution is -2.21. The van der Waals surface area contributed by atoms with Crippen molar-refractivity contribution in [3.05, 3.63) is 107 Å². The van der Waals surface area contributed by atoms with Gasteiger partial charge in [-0.05, 0) is 22.8 Å². The lowest BCUT2D eigenvalue weighted by Gasteiger charge is -2.32. The van der Waals surface area contributed by atoms with Crippen LogP contribution in [0.1, 0.15) is 16.7 Å². The van der Waals surface area contributed by atoms with Crippen LogP contribution in [0.2, 0.25) is 5.02 Å². The second kappa shape index (κ2) is 6.02. The zero-order valence-electron chi connectivity index (χ0n) is 11.5. The molecule has 0 aliphatic carbocycles. The molecule has 0 amide bonds. The molecule has 1 atom stereocenters. The Balaban J connectivity index is 2.29. The van der Waals surface area contributed by atoms with Gasteiger partial charge < -0.3 is 0 Å². The molecule has 2 heteroatoms. The van der Waals surface area contributed by atoms with E-state index >= 15 is 0 Å². The molecule has 0 fully saturated rings. The molecule has 0 spiro atoms. The number of halogens is 1. The van der Waals surface area contributed by atoms with Crippen molar-refractivity contribution < 1.29 is 0 Å². The zero-order chi connectivity index (χ0) is 14.7. The Morgan fingerprint density at radius 2 is 1.05 bits per heavy atom. The Morgan fingerprint density at radius 1 is 0.619 bits per heavy atom. The van der Waals surface area contributed by atoms with Gasteiger partial charge in [-0.1, -0.05) is 90.5 Å². The van der Waals surface area contributed by atoms with Crippen LogP contribution >= 0.6 is 20.8 Å². The third kappa shape index (κ3) is 2.62. The molecule has 0 radical (unpaired) electrons. The number of rotatable bonds is 3. The lowest BCUT2D eigenvalue weighted by atomic mass is 9.84. The van der Waals surface area contributed by atoms with Crippen molar-refractivity contribution in [2.75, 3.05) is 0 Å². The summed E-state index contributed by atoms with van der Waals surface area (Å²) in [6, 6.07) is 28.9. The highest BCUT2D eigenvalue weighted by Crippen LogP contribution is 2.47. The molecule has 0 nitrogen and oxygen atoms in total. The second-order valence-corrected chi connectivity index (χ2v) is 6.29. The quantitative estimate of drug-likeness (QED) is 0.442.